The van der Waals surface area contributed by atoms with Crippen molar-refractivity contribution in [2.24, 2.45) is 5.92 Å². The highest BCUT2D eigenvalue weighted by Crippen LogP contribution is 2.32. The minimum absolute atomic E-state index is 0.0467. The number of sulfonamides is 1. The summed E-state index contributed by atoms with van der Waals surface area (Å²) in [5, 5.41) is 2.81. The molecule has 1 saturated heterocycles. The number of rotatable bonds is 4. The van der Waals surface area contributed by atoms with Crippen LogP contribution in [0.15, 0.2) is 41.3 Å². The summed E-state index contributed by atoms with van der Waals surface area (Å²) in [5.41, 5.74) is 2.44. The quantitative estimate of drug-likeness (QED) is 0.763. The molecule has 0 spiro atoms. The standard InChI is InChI=1S/C23H28N4O4S/c1-16-6-3-9-22(24-16)25-23(29)19-8-4-12-26(15-19)32(30,31)20-10-11-21-18(14-20)7-5-13-27(21)17(2)28/h3,6,9-11,14,19H,4-5,7-8,12-13,15H2,1-2H3,(H,24,25,29). The highest BCUT2D eigenvalue weighted by atomic mass is 32.2. The summed E-state index contributed by atoms with van der Waals surface area (Å²) in [6.45, 7) is 4.53. The third kappa shape index (κ3) is 4.54. The van der Waals surface area contributed by atoms with Crippen LogP contribution in [0.4, 0.5) is 11.5 Å². The van der Waals surface area contributed by atoms with Gasteiger partial charge in [0.1, 0.15) is 5.82 Å². The van der Waals surface area contributed by atoms with Crippen molar-refractivity contribution in [1.82, 2.24) is 9.29 Å². The molecule has 1 aromatic heterocycles. The maximum atomic E-state index is 13.4. The summed E-state index contributed by atoms with van der Waals surface area (Å²) in [4.78, 5) is 30.9. The molecule has 0 bridgehead atoms. The molecule has 0 aliphatic carbocycles. The lowest BCUT2D eigenvalue weighted by Gasteiger charge is -2.32. The van der Waals surface area contributed by atoms with Crippen molar-refractivity contribution >= 4 is 33.3 Å². The molecule has 4 rings (SSSR count). The van der Waals surface area contributed by atoms with Gasteiger partial charge in [0.05, 0.1) is 10.8 Å². The topological polar surface area (TPSA) is 99.7 Å². The van der Waals surface area contributed by atoms with Gasteiger partial charge in [-0.1, -0.05) is 6.07 Å². The lowest BCUT2D eigenvalue weighted by molar-refractivity contribution is -0.121. The summed E-state index contributed by atoms with van der Waals surface area (Å²) < 4.78 is 28.1. The molecule has 2 aliphatic rings. The Hall–Kier alpha value is -2.78. The molecule has 3 heterocycles. The van der Waals surface area contributed by atoms with E-state index in [0.717, 1.165) is 29.8 Å². The van der Waals surface area contributed by atoms with Crippen molar-refractivity contribution in [2.45, 2.75) is 44.4 Å². The zero-order chi connectivity index (χ0) is 22.9. The first-order valence-electron chi connectivity index (χ1n) is 10.9. The summed E-state index contributed by atoms with van der Waals surface area (Å²) in [7, 11) is -3.74. The zero-order valence-electron chi connectivity index (χ0n) is 18.4. The van der Waals surface area contributed by atoms with Crippen LogP contribution >= 0.6 is 0 Å². The largest absolute Gasteiger partial charge is 0.312 e. The Morgan fingerprint density at radius 1 is 1.12 bits per heavy atom. The molecule has 170 valence electrons. The van der Waals surface area contributed by atoms with Crippen molar-refractivity contribution < 1.29 is 18.0 Å². The lowest BCUT2D eigenvalue weighted by Crippen LogP contribution is -2.43. The third-order valence-electron chi connectivity index (χ3n) is 6.08. The van der Waals surface area contributed by atoms with Crippen LogP contribution in [0.5, 0.6) is 0 Å². The van der Waals surface area contributed by atoms with Crippen LogP contribution in [0, 0.1) is 12.8 Å². The number of piperidine rings is 1. The Morgan fingerprint density at radius 3 is 2.69 bits per heavy atom. The molecule has 0 radical (unpaired) electrons. The van der Waals surface area contributed by atoms with E-state index in [1.165, 1.54) is 11.2 Å². The lowest BCUT2D eigenvalue weighted by atomic mass is 9.99. The molecule has 2 aliphatic heterocycles. The van der Waals surface area contributed by atoms with Crippen LogP contribution in [-0.4, -0.2) is 49.2 Å². The molecule has 1 N–H and O–H groups in total. The van der Waals surface area contributed by atoms with Gasteiger partial charge in [0.2, 0.25) is 21.8 Å². The van der Waals surface area contributed by atoms with E-state index in [0.29, 0.717) is 31.7 Å². The van der Waals surface area contributed by atoms with E-state index in [-0.39, 0.29) is 23.3 Å². The first kappa shape index (κ1) is 22.4. The molecule has 9 heteroatoms. The van der Waals surface area contributed by atoms with Crippen molar-refractivity contribution in [1.29, 1.82) is 0 Å². The van der Waals surface area contributed by atoms with E-state index in [4.69, 9.17) is 0 Å². The predicted octanol–water partition coefficient (Wildman–Crippen LogP) is 2.73. The second-order valence-corrected chi connectivity index (χ2v) is 10.4. The third-order valence-corrected chi connectivity index (χ3v) is 7.94. The molecule has 32 heavy (non-hydrogen) atoms. The monoisotopic (exact) mass is 456 g/mol. The fourth-order valence-electron chi connectivity index (χ4n) is 4.43. The number of nitrogens with one attached hydrogen (secondary N) is 1. The summed E-state index contributed by atoms with van der Waals surface area (Å²) in [6.07, 6.45) is 2.77. The number of aryl methyl sites for hydroxylation is 2. The van der Waals surface area contributed by atoms with Gasteiger partial charge in [0.25, 0.3) is 0 Å². The number of carbonyl (C=O) groups excluding carboxylic acids is 2. The number of aromatic nitrogens is 1. The Morgan fingerprint density at radius 2 is 1.94 bits per heavy atom. The number of fused-ring (bicyclic) bond motifs is 1. The van der Waals surface area contributed by atoms with Crippen LogP contribution in [0.25, 0.3) is 0 Å². The molecule has 0 saturated carbocycles. The summed E-state index contributed by atoms with van der Waals surface area (Å²) in [6, 6.07) is 10.4. The second kappa shape index (κ2) is 8.99. The fourth-order valence-corrected chi connectivity index (χ4v) is 6.00. The number of amides is 2. The van der Waals surface area contributed by atoms with Crippen molar-refractivity contribution in [3.8, 4) is 0 Å². The minimum Gasteiger partial charge on any atom is -0.312 e. The van der Waals surface area contributed by atoms with Crippen LogP contribution in [0.1, 0.15) is 37.4 Å². The summed E-state index contributed by atoms with van der Waals surface area (Å²) >= 11 is 0. The van der Waals surface area contributed by atoms with E-state index < -0.39 is 15.9 Å². The average molecular weight is 457 g/mol. The van der Waals surface area contributed by atoms with E-state index in [2.05, 4.69) is 10.3 Å². The van der Waals surface area contributed by atoms with Crippen LogP contribution < -0.4 is 10.2 Å². The smallest absolute Gasteiger partial charge is 0.243 e. The Labute approximate surface area is 188 Å². The number of pyridine rings is 1. The predicted molar refractivity (Wildman–Crippen MR) is 122 cm³/mol. The minimum atomic E-state index is -3.74. The van der Waals surface area contributed by atoms with Crippen molar-refractivity contribution in [3.63, 3.8) is 0 Å². The highest BCUT2D eigenvalue weighted by Gasteiger charge is 2.34. The molecule has 8 nitrogen and oxygen atoms in total. The highest BCUT2D eigenvalue weighted by molar-refractivity contribution is 7.89. The maximum absolute atomic E-state index is 13.4. The molecular formula is C23H28N4O4S. The molecule has 1 atom stereocenters. The van der Waals surface area contributed by atoms with Crippen LogP contribution in [0.2, 0.25) is 0 Å². The van der Waals surface area contributed by atoms with Crippen LogP contribution in [0.3, 0.4) is 0 Å². The van der Waals surface area contributed by atoms with Gasteiger partial charge in [0.15, 0.2) is 0 Å². The summed E-state index contributed by atoms with van der Waals surface area (Å²) in [5.74, 6) is -0.230. The molecule has 2 aromatic rings. The van der Waals surface area contributed by atoms with Gasteiger partial charge in [-0.15, -0.1) is 0 Å². The van der Waals surface area contributed by atoms with Crippen molar-refractivity contribution in [2.75, 3.05) is 29.9 Å². The van der Waals surface area contributed by atoms with Gasteiger partial charge in [-0.2, -0.15) is 4.31 Å². The maximum Gasteiger partial charge on any atom is 0.243 e. The number of nitrogens with zero attached hydrogens (tertiary/aromatic N) is 3. The van der Waals surface area contributed by atoms with Gasteiger partial charge in [-0.05, 0) is 68.5 Å². The van der Waals surface area contributed by atoms with Gasteiger partial charge in [-0.3, -0.25) is 9.59 Å². The molecule has 2 amide bonds. The van der Waals surface area contributed by atoms with Crippen LogP contribution in [-0.2, 0) is 26.0 Å². The molecule has 1 unspecified atom stereocenters. The first-order chi connectivity index (χ1) is 15.3. The number of benzene rings is 1. The fraction of sp³-hybridized carbons (Fsp3) is 0.435. The van der Waals surface area contributed by atoms with Gasteiger partial charge in [-0.25, -0.2) is 13.4 Å². The van der Waals surface area contributed by atoms with E-state index in [1.54, 1.807) is 29.2 Å². The number of anilines is 2. The van der Waals surface area contributed by atoms with Crippen molar-refractivity contribution in [3.05, 3.63) is 47.7 Å². The molecule has 1 fully saturated rings. The molecular weight excluding hydrogens is 428 g/mol. The van der Waals surface area contributed by atoms with E-state index >= 15 is 0 Å². The number of hydrogen-bond acceptors (Lipinski definition) is 5. The second-order valence-electron chi connectivity index (χ2n) is 8.42. The normalized spacial score (nSPS) is 19.3. The van der Waals surface area contributed by atoms with Gasteiger partial charge >= 0.3 is 0 Å². The Balaban J connectivity index is 1.51. The SMILES string of the molecule is CC(=O)N1CCCc2cc(S(=O)(=O)N3CCCC(C(=O)Nc4cccc(C)n4)C3)ccc21. The van der Waals surface area contributed by atoms with E-state index in [9.17, 15) is 18.0 Å². The zero-order valence-corrected chi connectivity index (χ0v) is 19.2. The van der Waals surface area contributed by atoms with Gasteiger partial charge in [0, 0.05) is 37.9 Å². The number of hydrogen-bond donors (Lipinski definition) is 1. The first-order valence-corrected chi connectivity index (χ1v) is 12.4. The average Bonchev–Trinajstić information content (AvgIpc) is 2.78. The Bertz CT molecular complexity index is 1150. The Kier molecular flexibility index (Phi) is 6.30. The van der Waals surface area contributed by atoms with E-state index in [1.807, 2.05) is 19.1 Å². The number of carbonyl (C=O) groups is 2. The molecule has 1 aromatic carbocycles. The van der Waals surface area contributed by atoms with Gasteiger partial charge < -0.3 is 10.2 Å².